The largest absolute Gasteiger partial charge is 0.358 e. The van der Waals surface area contributed by atoms with Crippen LogP contribution in [0.25, 0.3) is 10.9 Å². The van der Waals surface area contributed by atoms with Crippen molar-refractivity contribution >= 4 is 10.9 Å². The van der Waals surface area contributed by atoms with Crippen molar-refractivity contribution in [2.45, 2.75) is 25.3 Å². The van der Waals surface area contributed by atoms with E-state index in [9.17, 15) is 0 Å². The number of hydrogen-bond donors (Lipinski definition) is 2. The van der Waals surface area contributed by atoms with Crippen molar-refractivity contribution in [2.75, 3.05) is 20.1 Å². The molecular weight excluding hydrogens is 222 g/mol. The Morgan fingerprint density at radius 1 is 1.33 bits per heavy atom. The highest BCUT2D eigenvalue weighted by Gasteiger charge is 2.29. The van der Waals surface area contributed by atoms with Gasteiger partial charge in [-0.15, -0.1) is 0 Å². The fraction of sp³-hybridized carbons (Fsp3) is 0.467. The third-order valence-corrected chi connectivity index (χ3v) is 4.18. The van der Waals surface area contributed by atoms with E-state index in [-0.39, 0.29) is 6.04 Å². The molecule has 1 aromatic heterocycles. The predicted octanol–water partition coefficient (Wildman–Crippen LogP) is 2.22. The molecule has 0 amide bonds. The number of nitrogens with zero attached hydrogens (tertiary/aromatic N) is 1. The smallest absolute Gasteiger partial charge is 0.0458 e. The number of H-pyrrole nitrogens is 1. The van der Waals surface area contributed by atoms with Gasteiger partial charge >= 0.3 is 0 Å². The van der Waals surface area contributed by atoms with Crippen molar-refractivity contribution in [3.05, 3.63) is 35.5 Å². The maximum atomic E-state index is 6.36. The number of fused-ring (bicyclic) bond motifs is 1. The number of para-hydroxylation sites is 1. The molecule has 3 N–H and O–H groups in total. The summed E-state index contributed by atoms with van der Waals surface area (Å²) in [7, 11) is 2.15. The van der Waals surface area contributed by atoms with Crippen molar-refractivity contribution in [2.24, 2.45) is 5.73 Å². The van der Waals surface area contributed by atoms with Gasteiger partial charge in [0.15, 0.2) is 0 Å². The highest BCUT2D eigenvalue weighted by molar-refractivity contribution is 5.85. The second-order valence-corrected chi connectivity index (χ2v) is 5.53. The predicted molar refractivity (Wildman–Crippen MR) is 75.9 cm³/mol. The van der Waals surface area contributed by atoms with Gasteiger partial charge in [0.1, 0.15) is 0 Å². The zero-order chi connectivity index (χ0) is 12.7. The van der Waals surface area contributed by atoms with Crippen LogP contribution >= 0.6 is 0 Å². The Kier molecular flexibility index (Phi) is 2.88. The fourth-order valence-electron chi connectivity index (χ4n) is 3.29. The summed E-state index contributed by atoms with van der Waals surface area (Å²) in [5, 5.41) is 1.35. The molecule has 96 valence electrons. The van der Waals surface area contributed by atoms with Crippen LogP contribution in [0.15, 0.2) is 24.3 Å². The van der Waals surface area contributed by atoms with E-state index >= 15 is 0 Å². The van der Waals surface area contributed by atoms with E-state index in [0.29, 0.717) is 5.92 Å². The molecule has 0 radical (unpaired) electrons. The van der Waals surface area contributed by atoms with Gasteiger partial charge in [-0.05, 0) is 38.6 Å². The lowest BCUT2D eigenvalue weighted by Crippen LogP contribution is -2.45. The van der Waals surface area contributed by atoms with Crippen molar-refractivity contribution in [1.82, 2.24) is 9.88 Å². The van der Waals surface area contributed by atoms with Crippen LogP contribution in [-0.4, -0.2) is 36.1 Å². The van der Waals surface area contributed by atoms with Gasteiger partial charge in [-0.3, -0.25) is 0 Å². The number of likely N-dealkylation sites (tertiary alicyclic amines) is 1. The molecule has 2 heterocycles. The molecule has 1 aromatic carbocycles. The number of aryl methyl sites for hydroxylation is 1. The molecule has 0 spiro atoms. The number of rotatable bonds is 1. The number of aromatic nitrogens is 1. The number of piperidine rings is 1. The van der Waals surface area contributed by atoms with Crippen LogP contribution in [-0.2, 0) is 0 Å². The lowest BCUT2D eigenvalue weighted by molar-refractivity contribution is 0.228. The normalized spacial score (nSPS) is 25.7. The lowest BCUT2D eigenvalue weighted by atomic mass is 9.84. The second kappa shape index (κ2) is 4.41. The topological polar surface area (TPSA) is 45.0 Å². The summed E-state index contributed by atoms with van der Waals surface area (Å²) in [6.45, 7) is 4.29. The highest BCUT2D eigenvalue weighted by atomic mass is 15.1. The van der Waals surface area contributed by atoms with Crippen molar-refractivity contribution < 1.29 is 0 Å². The molecule has 3 heteroatoms. The van der Waals surface area contributed by atoms with Gasteiger partial charge in [-0.25, -0.2) is 0 Å². The van der Waals surface area contributed by atoms with E-state index in [4.69, 9.17) is 5.73 Å². The van der Waals surface area contributed by atoms with Crippen molar-refractivity contribution in [3.8, 4) is 0 Å². The quantitative estimate of drug-likeness (QED) is 0.806. The number of hydrogen-bond acceptors (Lipinski definition) is 2. The van der Waals surface area contributed by atoms with Crippen molar-refractivity contribution in [3.63, 3.8) is 0 Å². The second-order valence-electron chi connectivity index (χ2n) is 5.53. The molecule has 18 heavy (non-hydrogen) atoms. The number of aromatic amines is 1. The number of nitrogens with one attached hydrogen (secondary N) is 1. The number of nitrogens with two attached hydrogens (primary N) is 1. The first-order valence-electron chi connectivity index (χ1n) is 6.68. The van der Waals surface area contributed by atoms with E-state index in [1.807, 2.05) is 0 Å². The van der Waals surface area contributed by atoms with E-state index < -0.39 is 0 Å². The Labute approximate surface area is 108 Å². The molecule has 0 saturated carbocycles. The fourth-order valence-corrected chi connectivity index (χ4v) is 3.29. The Morgan fingerprint density at radius 2 is 2.11 bits per heavy atom. The van der Waals surface area contributed by atoms with Gasteiger partial charge in [-0.1, -0.05) is 18.2 Å². The monoisotopic (exact) mass is 243 g/mol. The van der Waals surface area contributed by atoms with E-state index in [1.165, 1.54) is 22.2 Å². The Morgan fingerprint density at radius 3 is 2.89 bits per heavy atom. The molecule has 3 rings (SSSR count). The van der Waals surface area contributed by atoms with Gasteiger partial charge in [0, 0.05) is 35.1 Å². The summed E-state index contributed by atoms with van der Waals surface area (Å²) in [6, 6.07) is 8.78. The summed E-state index contributed by atoms with van der Waals surface area (Å²) in [4.78, 5) is 5.81. The standard InChI is InChI=1S/C15H21N3/c1-10-15(11-7-8-18(2)9-13(11)16)12-5-3-4-6-14(12)17-10/h3-6,11,13,17H,7-9,16H2,1-2H3. The van der Waals surface area contributed by atoms with Gasteiger partial charge in [-0.2, -0.15) is 0 Å². The Balaban J connectivity index is 2.06. The number of benzene rings is 1. The molecule has 2 aromatic rings. The van der Waals surface area contributed by atoms with E-state index in [0.717, 1.165) is 19.5 Å². The minimum atomic E-state index is 0.238. The van der Waals surface area contributed by atoms with Crippen LogP contribution in [0.1, 0.15) is 23.6 Å². The Hall–Kier alpha value is -1.32. The lowest BCUT2D eigenvalue weighted by Gasteiger charge is -2.35. The van der Waals surface area contributed by atoms with Crippen LogP contribution in [0.5, 0.6) is 0 Å². The van der Waals surface area contributed by atoms with Crippen LogP contribution in [0.3, 0.4) is 0 Å². The first-order valence-corrected chi connectivity index (χ1v) is 6.68. The zero-order valence-electron chi connectivity index (χ0n) is 11.1. The molecule has 2 unspecified atom stereocenters. The van der Waals surface area contributed by atoms with Crippen LogP contribution in [0.2, 0.25) is 0 Å². The summed E-state index contributed by atoms with van der Waals surface area (Å²) >= 11 is 0. The molecule has 1 aliphatic rings. The molecule has 2 atom stereocenters. The SMILES string of the molecule is Cc1[nH]c2ccccc2c1C1CCN(C)CC1N. The molecule has 0 bridgehead atoms. The minimum Gasteiger partial charge on any atom is -0.358 e. The molecule has 0 aliphatic carbocycles. The van der Waals surface area contributed by atoms with Gasteiger partial charge in [0.05, 0.1) is 0 Å². The van der Waals surface area contributed by atoms with E-state index in [2.05, 4.69) is 48.1 Å². The summed E-state index contributed by atoms with van der Waals surface area (Å²) in [6.07, 6.45) is 1.15. The third kappa shape index (κ3) is 1.84. The number of likely N-dealkylation sites (N-methyl/N-ethyl adjacent to an activating group) is 1. The van der Waals surface area contributed by atoms with Crippen molar-refractivity contribution in [1.29, 1.82) is 0 Å². The third-order valence-electron chi connectivity index (χ3n) is 4.18. The summed E-state index contributed by atoms with van der Waals surface area (Å²) in [5.41, 5.74) is 10.3. The molecule has 1 aliphatic heterocycles. The first kappa shape index (κ1) is 11.8. The average Bonchev–Trinajstić information content (AvgIpc) is 2.66. The highest BCUT2D eigenvalue weighted by Crippen LogP contribution is 2.34. The molecule has 1 saturated heterocycles. The maximum absolute atomic E-state index is 6.36. The van der Waals surface area contributed by atoms with Gasteiger partial charge in [0.2, 0.25) is 0 Å². The van der Waals surface area contributed by atoms with Gasteiger partial charge in [0.25, 0.3) is 0 Å². The first-order chi connectivity index (χ1) is 8.66. The molecule has 1 fully saturated rings. The van der Waals surface area contributed by atoms with E-state index in [1.54, 1.807) is 0 Å². The average molecular weight is 243 g/mol. The zero-order valence-corrected chi connectivity index (χ0v) is 11.1. The maximum Gasteiger partial charge on any atom is 0.0458 e. The van der Waals surface area contributed by atoms with Gasteiger partial charge < -0.3 is 15.6 Å². The Bertz CT molecular complexity index is 558. The summed E-state index contributed by atoms with van der Waals surface area (Å²) in [5.74, 6) is 0.484. The van der Waals surface area contributed by atoms with Crippen LogP contribution in [0, 0.1) is 6.92 Å². The molecule has 3 nitrogen and oxygen atoms in total. The minimum absolute atomic E-state index is 0.238. The van der Waals surface area contributed by atoms with Crippen LogP contribution in [0.4, 0.5) is 0 Å². The summed E-state index contributed by atoms with van der Waals surface area (Å²) < 4.78 is 0. The molecular formula is C15H21N3. The van der Waals surface area contributed by atoms with Crippen LogP contribution < -0.4 is 5.73 Å².